The third-order valence-electron chi connectivity index (χ3n) is 2.48. The van der Waals surface area contributed by atoms with Crippen LogP contribution < -0.4 is 4.90 Å². The molecule has 1 fully saturated rings. The third kappa shape index (κ3) is 1.85. The van der Waals surface area contributed by atoms with Crippen molar-refractivity contribution in [1.29, 1.82) is 0 Å². The highest BCUT2D eigenvalue weighted by Gasteiger charge is 2.18. The van der Waals surface area contributed by atoms with Crippen molar-refractivity contribution in [3.63, 3.8) is 0 Å². The van der Waals surface area contributed by atoms with E-state index in [-0.39, 0.29) is 0 Å². The number of hydrogen-bond donors (Lipinski definition) is 0. The number of carbonyl (C=O) groups excluding carboxylic acids is 1. The number of morpholine rings is 1. The second kappa shape index (κ2) is 4.39. The maximum atomic E-state index is 10.7. The molecule has 0 radical (unpaired) electrons. The summed E-state index contributed by atoms with van der Waals surface area (Å²) in [6, 6.07) is 0. The molecule has 2 heterocycles. The zero-order valence-corrected chi connectivity index (χ0v) is 8.72. The minimum atomic E-state index is 0.388. The molecule has 0 amide bonds. The van der Waals surface area contributed by atoms with Crippen molar-refractivity contribution in [2.45, 2.75) is 13.5 Å². The van der Waals surface area contributed by atoms with Crippen LogP contribution in [-0.4, -0.2) is 47.4 Å². The second-order valence-electron chi connectivity index (χ2n) is 3.32. The van der Waals surface area contributed by atoms with Crippen molar-refractivity contribution >= 4 is 12.2 Å². The molecule has 0 atom stereocenters. The first-order valence-electron chi connectivity index (χ1n) is 5.08. The summed E-state index contributed by atoms with van der Waals surface area (Å²) in [6.07, 6.45) is 0.737. The Kier molecular flexibility index (Phi) is 2.96. The minimum Gasteiger partial charge on any atom is -0.378 e. The van der Waals surface area contributed by atoms with Gasteiger partial charge in [-0.3, -0.25) is 9.36 Å². The molecule has 0 aromatic carbocycles. The van der Waals surface area contributed by atoms with Crippen LogP contribution >= 0.6 is 0 Å². The Labute approximate surface area is 87.8 Å². The van der Waals surface area contributed by atoms with E-state index in [0.717, 1.165) is 25.3 Å². The zero-order chi connectivity index (χ0) is 10.7. The normalized spacial score (nSPS) is 16.7. The molecule has 0 N–H and O–H groups in total. The fraction of sp³-hybridized carbons (Fsp3) is 0.667. The topological polar surface area (TPSA) is 60.2 Å². The molecule has 2 rings (SSSR count). The van der Waals surface area contributed by atoms with Gasteiger partial charge in [0.15, 0.2) is 12.1 Å². The van der Waals surface area contributed by atoms with E-state index in [0.29, 0.717) is 25.6 Å². The van der Waals surface area contributed by atoms with E-state index in [4.69, 9.17) is 4.74 Å². The molecule has 0 spiro atoms. The molecule has 1 aromatic rings. The number of rotatable bonds is 3. The Bertz CT molecular complexity index is 344. The van der Waals surface area contributed by atoms with Crippen LogP contribution in [0.15, 0.2) is 0 Å². The predicted octanol–water partition coefficient (Wildman–Crippen LogP) is -0.0529. The third-order valence-corrected chi connectivity index (χ3v) is 2.48. The van der Waals surface area contributed by atoms with Crippen LogP contribution in [0.2, 0.25) is 0 Å². The first-order chi connectivity index (χ1) is 7.36. The quantitative estimate of drug-likeness (QED) is 0.654. The summed E-state index contributed by atoms with van der Waals surface area (Å²) < 4.78 is 7.08. The number of aromatic nitrogens is 3. The molecule has 1 aliphatic heterocycles. The van der Waals surface area contributed by atoms with Crippen LogP contribution in [0.25, 0.3) is 0 Å². The lowest BCUT2D eigenvalue weighted by Gasteiger charge is -2.27. The van der Waals surface area contributed by atoms with Gasteiger partial charge in [0, 0.05) is 19.6 Å². The monoisotopic (exact) mass is 210 g/mol. The van der Waals surface area contributed by atoms with Gasteiger partial charge >= 0.3 is 0 Å². The van der Waals surface area contributed by atoms with Gasteiger partial charge in [-0.15, -0.1) is 10.2 Å². The van der Waals surface area contributed by atoms with Gasteiger partial charge in [-0.25, -0.2) is 0 Å². The highest BCUT2D eigenvalue weighted by atomic mass is 16.5. The van der Waals surface area contributed by atoms with Crippen molar-refractivity contribution in [3.8, 4) is 0 Å². The van der Waals surface area contributed by atoms with Crippen LogP contribution in [0, 0.1) is 0 Å². The second-order valence-corrected chi connectivity index (χ2v) is 3.32. The number of aldehydes is 1. The largest absolute Gasteiger partial charge is 0.378 e. The lowest BCUT2D eigenvalue weighted by molar-refractivity contribution is 0.111. The lowest BCUT2D eigenvalue weighted by Crippen LogP contribution is -2.38. The summed E-state index contributed by atoms with van der Waals surface area (Å²) >= 11 is 0. The van der Waals surface area contributed by atoms with Gasteiger partial charge < -0.3 is 9.64 Å². The molecule has 6 heteroatoms. The fourth-order valence-corrected chi connectivity index (χ4v) is 1.69. The van der Waals surface area contributed by atoms with Crippen LogP contribution in [0.3, 0.4) is 0 Å². The molecule has 6 nitrogen and oxygen atoms in total. The van der Waals surface area contributed by atoms with Crippen LogP contribution in [-0.2, 0) is 11.3 Å². The molecule has 0 bridgehead atoms. The molecule has 15 heavy (non-hydrogen) atoms. The van der Waals surface area contributed by atoms with E-state index in [9.17, 15) is 4.79 Å². The van der Waals surface area contributed by atoms with Gasteiger partial charge in [-0.05, 0) is 6.92 Å². The van der Waals surface area contributed by atoms with E-state index in [1.54, 1.807) is 0 Å². The van der Waals surface area contributed by atoms with Gasteiger partial charge in [0.05, 0.1) is 13.2 Å². The molecule has 0 unspecified atom stereocenters. The van der Waals surface area contributed by atoms with E-state index in [2.05, 4.69) is 15.1 Å². The van der Waals surface area contributed by atoms with Crippen LogP contribution in [0.5, 0.6) is 0 Å². The summed E-state index contributed by atoms with van der Waals surface area (Å²) in [5, 5.41) is 7.88. The molecule has 0 saturated carbocycles. The Morgan fingerprint density at radius 1 is 1.40 bits per heavy atom. The first-order valence-corrected chi connectivity index (χ1v) is 5.08. The van der Waals surface area contributed by atoms with Crippen molar-refractivity contribution in [3.05, 3.63) is 5.82 Å². The minimum absolute atomic E-state index is 0.388. The smallest absolute Gasteiger partial charge is 0.227 e. The van der Waals surface area contributed by atoms with E-state index in [1.165, 1.54) is 0 Å². The van der Waals surface area contributed by atoms with Crippen LogP contribution in [0.4, 0.5) is 5.95 Å². The van der Waals surface area contributed by atoms with Crippen molar-refractivity contribution in [2.24, 2.45) is 0 Å². The fourth-order valence-electron chi connectivity index (χ4n) is 1.69. The van der Waals surface area contributed by atoms with Gasteiger partial charge in [0.2, 0.25) is 5.95 Å². The number of carbonyl (C=O) groups is 1. The molecule has 1 aliphatic rings. The lowest BCUT2D eigenvalue weighted by atomic mass is 10.4. The molecular formula is C9H14N4O2. The van der Waals surface area contributed by atoms with Gasteiger partial charge in [0.1, 0.15) is 0 Å². The summed E-state index contributed by atoms with van der Waals surface area (Å²) in [7, 11) is 0. The highest BCUT2D eigenvalue weighted by Crippen LogP contribution is 2.13. The Morgan fingerprint density at radius 3 is 2.73 bits per heavy atom. The van der Waals surface area contributed by atoms with E-state index < -0.39 is 0 Å². The molecule has 82 valence electrons. The summed E-state index contributed by atoms with van der Waals surface area (Å²) in [6.45, 7) is 5.68. The van der Waals surface area contributed by atoms with Gasteiger partial charge in [0.25, 0.3) is 0 Å². The summed E-state index contributed by atoms with van der Waals surface area (Å²) in [5.41, 5.74) is 0. The maximum Gasteiger partial charge on any atom is 0.227 e. The van der Waals surface area contributed by atoms with Gasteiger partial charge in [-0.1, -0.05) is 0 Å². The predicted molar refractivity (Wildman–Crippen MR) is 54.1 cm³/mol. The zero-order valence-electron chi connectivity index (χ0n) is 8.72. The standard InChI is InChI=1S/C9H14N4O2/c1-2-13-8(7-14)10-11-9(13)12-3-5-15-6-4-12/h7H,2-6H2,1H3. The van der Waals surface area contributed by atoms with Gasteiger partial charge in [-0.2, -0.15) is 0 Å². The summed E-state index contributed by atoms with van der Waals surface area (Å²) in [5.74, 6) is 1.15. The number of anilines is 1. The maximum absolute atomic E-state index is 10.7. The molecule has 1 saturated heterocycles. The van der Waals surface area contributed by atoms with Crippen molar-refractivity contribution in [2.75, 3.05) is 31.2 Å². The highest BCUT2D eigenvalue weighted by molar-refractivity contribution is 5.70. The Balaban J connectivity index is 2.25. The molecular weight excluding hydrogens is 196 g/mol. The van der Waals surface area contributed by atoms with Crippen LogP contribution in [0.1, 0.15) is 17.5 Å². The number of hydrogen-bond acceptors (Lipinski definition) is 5. The SMILES string of the molecule is CCn1c(C=O)nnc1N1CCOCC1. The average molecular weight is 210 g/mol. The molecule has 1 aromatic heterocycles. The van der Waals surface area contributed by atoms with E-state index >= 15 is 0 Å². The van der Waals surface area contributed by atoms with Crippen molar-refractivity contribution < 1.29 is 9.53 Å². The summed E-state index contributed by atoms with van der Waals surface area (Å²) in [4.78, 5) is 12.8. The van der Waals surface area contributed by atoms with Crippen molar-refractivity contribution in [1.82, 2.24) is 14.8 Å². The number of nitrogens with zero attached hydrogens (tertiary/aromatic N) is 4. The number of ether oxygens (including phenoxy) is 1. The Morgan fingerprint density at radius 2 is 2.13 bits per heavy atom. The average Bonchev–Trinajstić information content (AvgIpc) is 2.72. The molecule has 0 aliphatic carbocycles. The first kappa shape index (κ1) is 10.1. The van der Waals surface area contributed by atoms with E-state index in [1.807, 2.05) is 11.5 Å². The Hall–Kier alpha value is -1.43.